The van der Waals surface area contributed by atoms with Crippen LogP contribution in [0.25, 0.3) is 0 Å². The average molecular weight is 1150 g/mol. The summed E-state index contributed by atoms with van der Waals surface area (Å²) in [5.41, 5.74) is 0. The summed E-state index contributed by atoms with van der Waals surface area (Å²) in [5, 5.41) is 0. The highest BCUT2D eigenvalue weighted by Gasteiger charge is 2.20. The monoisotopic (exact) mass is 1150 g/mol. The van der Waals surface area contributed by atoms with Gasteiger partial charge in [-0.3, -0.25) is 14.4 Å². The van der Waals surface area contributed by atoms with Gasteiger partial charge in [0.1, 0.15) is 13.2 Å². The zero-order chi connectivity index (χ0) is 59.2. The molecule has 0 aliphatic heterocycles. The smallest absolute Gasteiger partial charge is 0.306 e. The first-order chi connectivity index (χ1) is 40.5. The number of hydrogen-bond acceptors (Lipinski definition) is 6. The number of ether oxygens (including phenoxy) is 3. The van der Waals surface area contributed by atoms with Crippen LogP contribution in [0.2, 0.25) is 0 Å². The Bertz CT molecular complexity index is 1320. The molecule has 0 N–H and O–H groups in total. The second-order valence-electron chi connectivity index (χ2n) is 25.6. The van der Waals surface area contributed by atoms with Gasteiger partial charge in [0.2, 0.25) is 0 Å². The highest BCUT2D eigenvalue weighted by molar-refractivity contribution is 5.71. The quantitative estimate of drug-likeness (QED) is 0.0261. The molecule has 0 radical (unpaired) electrons. The van der Waals surface area contributed by atoms with Crippen LogP contribution in [0.5, 0.6) is 0 Å². The van der Waals surface area contributed by atoms with Crippen molar-refractivity contribution in [2.75, 3.05) is 13.2 Å². The predicted octanol–water partition coefficient (Wildman–Crippen LogP) is 25.7. The molecular formula is C76H144O6. The molecule has 0 aliphatic carbocycles. The van der Waals surface area contributed by atoms with Crippen LogP contribution in [0.4, 0.5) is 0 Å². The van der Waals surface area contributed by atoms with Crippen molar-refractivity contribution in [3.63, 3.8) is 0 Å². The van der Waals surface area contributed by atoms with Crippen LogP contribution in [-0.4, -0.2) is 37.2 Å². The number of carbonyl (C=O) groups is 3. The Morgan fingerprint density at radius 1 is 0.244 bits per heavy atom. The Balaban J connectivity index is 4.24. The molecule has 82 heavy (non-hydrogen) atoms. The molecule has 0 bridgehead atoms. The molecule has 6 nitrogen and oxygen atoms in total. The second kappa shape index (κ2) is 71.4. The van der Waals surface area contributed by atoms with E-state index in [0.29, 0.717) is 19.3 Å². The van der Waals surface area contributed by atoms with Crippen molar-refractivity contribution in [1.29, 1.82) is 0 Å². The molecule has 0 aliphatic rings. The minimum Gasteiger partial charge on any atom is -0.462 e. The van der Waals surface area contributed by atoms with Crippen molar-refractivity contribution in [2.24, 2.45) is 0 Å². The lowest BCUT2D eigenvalue weighted by Gasteiger charge is -2.18. The lowest BCUT2D eigenvalue weighted by atomic mass is 10.0. The van der Waals surface area contributed by atoms with Crippen LogP contribution in [0.3, 0.4) is 0 Å². The van der Waals surface area contributed by atoms with E-state index in [1.165, 1.54) is 321 Å². The molecule has 0 aromatic heterocycles. The predicted molar refractivity (Wildman–Crippen MR) is 358 cm³/mol. The van der Waals surface area contributed by atoms with E-state index in [9.17, 15) is 14.4 Å². The fourth-order valence-electron chi connectivity index (χ4n) is 11.6. The van der Waals surface area contributed by atoms with Crippen LogP contribution in [-0.2, 0) is 28.6 Å². The van der Waals surface area contributed by atoms with Crippen LogP contribution in [0.1, 0.15) is 425 Å². The van der Waals surface area contributed by atoms with E-state index in [2.05, 4.69) is 45.1 Å². The van der Waals surface area contributed by atoms with Gasteiger partial charge in [0.25, 0.3) is 0 Å². The summed E-state index contributed by atoms with van der Waals surface area (Å²) in [6.45, 7) is 6.73. The maximum absolute atomic E-state index is 13.0. The van der Waals surface area contributed by atoms with E-state index in [4.69, 9.17) is 14.2 Å². The van der Waals surface area contributed by atoms with E-state index >= 15 is 0 Å². The highest BCUT2D eigenvalue weighted by atomic mass is 16.6. The summed E-state index contributed by atoms with van der Waals surface area (Å²) in [6.07, 6.45) is 87.9. The summed E-state index contributed by atoms with van der Waals surface area (Å²) in [7, 11) is 0. The van der Waals surface area contributed by atoms with Gasteiger partial charge >= 0.3 is 17.9 Å². The van der Waals surface area contributed by atoms with Crippen molar-refractivity contribution in [3.8, 4) is 0 Å². The fourth-order valence-corrected chi connectivity index (χ4v) is 11.6. The Kier molecular flexibility index (Phi) is 69.5. The number of allylic oxidation sites excluding steroid dienone is 4. The zero-order valence-corrected chi connectivity index (χ0v) is 55.8. The van der Waals surface area contributed by atoms with Gasteiger partial charge in [0.05, 0.1) is 0 Å². The third-order valence-electron chi connectivity index (χ3n) is 17.2. The van der Waals surface area contributed by atoms with Crippen LogP contribution in [0, 0.1) is 0 Å². The van der Waals surface area contributed by atoms with Gasteiger partial charge in [-0.25, -0.2) is 0 Å². The molecule has 0 saturated heterocycles. The van der Waals surface area contributed by atoms with E-state index in [1.54, 1.807) is 0 Å². The molecule has 484 valence electrons. The van der Waals surface area contributed by atoms with E-state index in [1.807, 2.05) is 0 Å². The van der Waals surface area contributed by atoms with Gasteiger partial charge in [-0.2, -0.15) is 0 Å². The van der Waals surface area contributed by atoms with Gasteiger partial charge in [-0.05, 0) is 51.4 Å². The third-order valence-corrected chi connectivity index (χ3v) is 17.2. The molecule has 0 aromatic rings. The number of unbranched alkanes of at least 4 members (excludes halogenated alkanes) is 55. The molecule has 6 heteroatoms. The van der Waals surface area contributed by atoms with Gasteiger partial charge in [-0.1, -0.05) is 379 Å². The minimum absolute atomic E-state index is 0.0638. The van der Waals surface area contributed by atoms with Gasteiger partial charge < -0.3 is 14.2 Å². The Hall–Kier alpha value is -2.11. The van der Waals surface area contributed by atoms with Gasteiger partial charge in [0.15, 0.2) is 6.10 Å². The number of hydrogen-bond donors (Lipinski definition) is 0. The summed E-state index contributed by atoms with van der Waals surface area (Å²) in [6, 6.07) is 0. The molecule has 0 amide bonds. The lowest BCUT2D eigenvalue weighted by Crippen LogP contribution is -2.30. The first-order valence-corrected chi connectivity index (χ1v) is 37.3. The molecular weight excluding hydrogens is 1010 g/mol. The number of carbonyl (C=O) groups excluding carboxylic acids is 3. The van der Waals surface area contributed by atoms with Crippen molar-refractivity contribution < 1.29 is 28.6 Å². The Labute approximate surface area is 513 Å². The standard InChI is InChI=1S/C76H144O6/c1-4-7-10-13-16-19-22-25-28-30-32-34-36-38-40-41-43-45-48-51-54-57-60-63-66-69-75(78)81-72-73(71-80-74(77)68-65-62-59-56-53-50-47-27-24-21-18-15-12-9-6-3)82-76(79)70-67-64-61-58-55-52-49-46-44-42-39-37-35-33-31-29-26-23-20-17-14-11-8-5-2/h22,25,30,32,73H,4-21,23-24,26-29,31,33-72H2,1-3H3/b25-22-,32-30-. The molecule has 1 unspecified atom stereocenters. The summed E-state index contributed by atoms with van der Waals surface area (Å²) < 4.78 is 17.0. The summed E-state index contributed by atoms with van der Waals surface area (Å²) >= 11 is 0. The SMILES string of the molecule is CCCCCCC/C=C\C/C=C\CCCCCCCCCCCCCCCC(=O)OCC(COC(=O)CCCCCCCCCCCCCCCCC)OC(=O)CCCCCCCCCCCCCCCCCCCCCCCCCC. The van der Waals surface area contributed by atoms with E-state index in [-0.39, 0.29) is 31.1 Å². The van der Waals surface area contributed by atoms with Crippen molar-refractivity contribution in [1.82, 2.24) is 0 Å². The van der Waals surface area contributed by atoms with Crippen LogP contribution < -0.4 is 0 Å². The van der Waals surface area contributed by atoms with Crippen LogP contribution >= 0.6 is 0 Å². The summed E-state index contributed by atoms with van der Waals surface area (Å²) in [5.74, 6) is -0.827. The second-order valence-corrected chi connectivity index (χ2v) is 25.6. The van der Waals surface area contributed by atoms with Crippen LogP contribution in [0.15, 0.2) is 24.3 Å². The summed E-state index contributed by atoms with van der Waals surface area (Å²) in [4.78, 5) is 38.5. The van der Waals surface area contributed by atoms with E-state index < -0.39 is 6.10 Å². The normalized spacial score (nSPS) is 12.1. The minimum atomic E-state index is -0.768. The Morgan fingerprint density at radius 2 is 0.439 bits per heavy atom. The molecule has 0 spiro atoms. The lowest BCUT2D eigenvalue weighted by molar-refractivity contribution is -0.167. The zero-order valence-electron chi connectivity index (χ0n) is 55.8. The maximum Gasteiger partial charge on any atom is 0.306 e. The number of esters is 3. The van der Waals surface area contributed by atoms with Crippen molar-refractivity contribution >= 4 is 17.9 Å². The first kappa shape index (κ1) is 79.9. The van der Waals surface area contributed by atoms with E-state index in [0.717, 1.165) is 64.2 Å². The Morgan fingerprint density at radius 3 is 0.671 bits per heavy atom. The van der Waals surface area contributed by atoms with Crippen molar-refractivity contribution in [3.05, 3.63) is 24.3 Å². The maximum atomic E-state index is 13.0. The first-order valence-electron chi connectivity index (χ1n) is 37.3. The molecule has 0 heterocycles. The molecule has 0 fully saturated rings. The third kappa shape index (κ3) is 68.7. The van der Waals surface area contributed by atoms with Crippen molar-refractivity contribution in [2.45, 2.75) is 431 Å². The molecule has 0 aromatic carbocycles. The fraction of sp³-hybridized carbons (Fsp3) is 0.908. The van der Waals surface area contributed by atoms with Gasteiger partial charge in [0, 0.05) is 19.3 Å². The average Bonchev–Trinajstić information content (AvgIpc) is 3.47. The topological polar surface area (TPSA) is 78.9 Å². The molecule has 1 atom stereocenters. The highest BCUT2D eigenvalue weighted by Crippen LogP contribution is 2.19. The largest absolute Gasteiger partial charge is 0.462 e. The number of rotatable bonds is 70. The van der Waals surface area contributed by atoms with Gasteiger partial charge in [-0.15, -0.1) is 0 Å². The molecule has 0 rings (SSSR count). The molecule has 0 saturated carbocycles.